The molecule has 3 aromatic rings. The van der Waals surface area contributed by atoms with Crippen LogP contribution in [0.3, 0.4) is 0 Å². The lowest BCUT2D eigenvalue weighted by molar-refractivity contribution is 0.541. The van der Waals surface area contributed by atoms with Crippen molar-refractivity contribution in [3.05, 3.63) is 69.5 Å². The average molecular weight is 319 g/mol. The molecule has 0 radical (unpaired) electrons. The van der Waals surface area contributed by atoms with Crippen molar-refractivity contribution in [2.45, 2.75) is 16.7 Å². The highest BCUT2D eigenvalue weighted by molar-refractivity contribution is 7.85. The predicted octanol–water partition coefficient (Wildman–Crippen LogP) is 3.92. The van der Waals surface area contributed by atoms with Gasteiger partial charge in [-0.15, -0.1) is 0 Å². The van der Waals surface area contributed by atoms with Gasteiger partial charge < -0.3 is 4.42 Å². The maximum Gasteiger partial charge on any atom is 0.353 e. The molecule has 3 nitrogen and oxygen atoms in total. The van der Waals surface area contributed by atoms with Gasteiger partial charge in [-0.25, -0.2) is 9.00 Å². The second kappa shape index (κ2) is 5.47. The molecule has 0 N–H and O–H groups in total. The summed E-state index contributed by atoms with van der Waals surface area (Å²) in [5, 5.41) is 1.18. The number of rotatable bonds is 2. The maximum atomic E-state index is 12.5. The van der Waals surface area contributed by atoms with Gasteiger partial charge in [-0.05, 0) is 43.3 Å². The minimum absolute atomic E-state index is 0.119. The third kappa shape index (κ3) is 2.77. The van der Waals surface area contributed by atoms with Gasteiger partial charge in [-0.2, -0.15) is 0 Å². The lowest BCUT2D eigenvalue weighted by atomic mass is 10.2. The summed E-state index contributed by atoms with van der Waals surface area (Å²) >= 11 is 5.93. The predicted molar refractivity (Wildman–Crippen MR) is 83.3 cm³/mol. The highest BCUT2D eigenvalue weighted by Gasteiger charge is 2.14. The van der Waals surface area contributed by atoms with E-state index in [4.69, 9.17) is 16.0 Å². The molecule has 5 heteroatoms. The van der Waals surface area contributed by atoms with Crippen molar-refractivity contribution >= 4 is 33.4 Å². The van der Waals surface area contributed by atoms with E-state index in [1.807, 2.05) is 19.1 Å². The molecule has 21 heavy (non-hydrogen) atoms. The summed E-state index contributed by atoms with van der Waals surface area (Å²) in [4.78, 5) is 12.7. The molecule has 0 aliphatic heterocycles. The Morgan fingerprint density at radius 2 is 1.76 bits per heavy atom. The summed E-state index contributed by atoms with van der Waals surface area (Å²) in [6.07, 6.45) is 0. The van der Waals surface area contributed by atoms with Crippen molar-refractivity contribution in [1.82, 2.24) is 0 Å². The van der Waals surface area contributed by atoms with Gasteiger partial charge in [-0.3, -0.25) is 0 Å². The SMILES string of the molecule is Cc1ccc(S(=O)c2cc3cc(Cl)ccc3oc2=O)cc1. The molecule has 0 amide bonds. The van der Waals surface area contributed by atoms with Gasteiger partial charge in [0.2, 0.25) is 0 Å². The molecule has 1 aromatic heterocycles. The number of benzene rings is 2. The lowest BCUT2D eigenvalue weighted by Gasteiger charge is -2.04. The van der Waals surface area contributed by atoms with Crippen molar-refractivity contribution in [2.75, 3.05) is 0 Å². The van der Waals surface area contributed by atoms with Crippen LogP contribution in [0.4, 0.5) is 0 Å². The van der Waals surface area contributed by atoms with Crippen LogP contribution in [0.5, 0.6) is 0 Å². The maximum absolute atomic E-state index is 12.5. The average Bonchev–Trinajstić information content (AvgIpc) is 2.47. The summed E-state index contributed by atoms with van der Waals surface area (Å²) in [6.45, 7) is 1.94. The van der Waals surface area contributed by atoms with E-state index in [0.29, 0.717) is 20.9 Å². The van der Waals surface area contributed by atoms with E-state index in [1.54, 1.807) is 36.4 Å². The van der Waals surface area contributed by atoms with Gasteiger partial charge in [0, 0.05) is 15.3 Å². The molecule has 0 aliphatic rings. The summed E-state index contributed by atoms with van der Waals surface area (Å²) in [5.74, 6) is 0. The molecule has 0 saturated carbocycles. The fourth-order valence-electron chi connectivity index (χ4n) is 1.99. The Morgan fingerprint density at radius 3 is 2.48 bits per heavy atom. The van der Waals surface area contributed by atoms with E-state index in [9.17, 15) is 9.00 Å². The zero-order valence-corrected chi connectivity index (χ0v) is 12.7. The van der Waals surface area contributed by atoms with E-state index < -0.39 is 16.4 Å². The van der Waals surface area contributed by atoms with Crippen LogP contribution >= 0.6 is 11.6 Å². The molecule has 0 bridgehead atoms. The topological polar surface area (TPSA) is 47.3 Å². The number of halogens is 1. The molecule has 1 atom stereocenters. The molecular weight excluding hydrogens is 308 g/mol. The number of aryl methyl sites for hydroxylation is 1. The fourth-order valence-corrected chi connectivity index (χ4v) is 3.24. The first-order chi connectivity index (χ1) is 10.0. The Kier molecular flexibility index (Phi) is 3.66. The standard InChI is InChI=1S/C16H11ClO3S/c1-10-2-5-13(6-3-10)21(19)15-9-11-8-12(17)4-7-14(11)20-16(15)18/h2-9H,1H3. The minimum Gasteiger partial charge on any atom is -0.422 e. The summed E-state index contributed by atoms with van der Waals surface area (Å²) in [5.41, 5.74) is 0.894. The summed E-state index contributed by atoms with van der Waals surface area (Å²) in [6, 6.07) is 13.7. The number of fused-ring (bicyclic) bond motifs is 1. The van der Waals surface area contributed by atoms with Crippen LogP contribution in [-0.4, -0.2) is 4.21 Å². The third-order valence-corrected chi connectivity index (χ3v) is 4.72. The third-order valence-electron chi connectivity index (χ3n) is 3.10. The van der Waals surface area contributed by atoms with Crippen LogP contribution in [0.1, 0.15) is 5.56 Å². The monoisotopic (exact) mass is 318 g/mol. The molecule has 2 aromatic carbocycles. The second-order valence-corrected chi connectivity index (χ2v) is 6.55. The highest BCUT2D eigenvalue weighted by atomic mass is 35.5. The van der Waals surface area contributed by atoms with Crippen LogP contribution in [0.2, 0.25) is 5.02 Å². The number of hydrogen-bond acceptors (Lipinski definition) is 3. The lowest BCUT2D eigenvalue weighted by Crippen LogP contribution is -2.09. The quantitative estimate of drug-likeness (QED) is 0.673. The van der Waals surface area contributed by atoms with Crippen LogP contribution in [0.15, 0.2) is 67.5 Å². The Balaban J connectivity index is 2.15. The highest BCUT2D eigenvalue weighted by Crippen LogP contribution is 2.22. The first kappa shape index (κ1) is 14.0. The molecule has 3 rings (SSSR count). The first-order valence-corrected chi connectivity index (χ1v) is 7.79. The fraction of sp³-hybridized carbons (Fsp3) is 0.0625. The van der Waals surface area contributed by atoms with Crippen molar-refractivity contribution in [3.8, 4) is 0 Å². The van der Waals surface area contributed by atoms with Crippen molar-refractivity contribution in [3.63, 3.8) is 0 Å². The van der Waals surface area contributed by atoms with Gasteiger partial charge in [-0.1, -0.05) is 29.3 Å². The van der Waals surface area contributed by atoms with Gasteiger partial charge in [0.05, 0.1) is 10.8 Å². The molecular formula is C16H11ClO3S. The Morgan fingerprint density at radius 1 is 1.05 bits per heavy atom. The van der Waals surface area contributed by atoms with Gasteiger partial charge in [0.25, 0.3) is 0 Å². The van der Waals surface area contributed by atoms with Crippen LogP contribution in [0.25, 0.3) is 11.0 Å². The van der Waals surface area contributed by atoms with Crippen LogP contribution in [0, 0.1) is 6.92 Å². The summed E-state index contributed by atoms with van der Waals surface area (Å²) < 4.78 is 17.7. The number of hydrogen-bond donors (Lipinski definition) is 0. The largest absolute Gasteiger partial charge is 0.422 e. The molecule has 0 fully saturated rings. The van der Waals surface area contributed by atoms with Crippen molar-refractivity contribution in [1.29, 1.82) is 0 Å². The van der Waals surface area contributed by atoms with Crippen molar-refractivity contribution < 1.29 is 8.63 Å². The Hall–Kier alpha value is -1.91. The van der Waals surface area contributed by atoms with E-state index >= 15 is 0 Å². The second-order valence-electron chi connectivity index (χ2n) is 4.66. The molecule has 1 heterocycles. The molecule has 1 unspecified atom stereocenters. The van der Waals surface area contributed by atoms with Gasteiger partial charge in [0.15, 0.2) is 0 Å². The zero-order chi connectivity index (χ0) is 15.0. The first-order valence-electron chi connectivity index (χ1n) is 6.26. The minimum atomic E-state index is -1.58. The normalized spacial score (nSPS) is 12.5. The van der Waals surface area contributed by atoms with E-state index in [0.717, 1.165) is 5.56 Å². The summed E-state index contributed by atoms with van der Waals surface area (Å²) in [7, 11) is -1.58. The Bertz CT molecular complexity index is 898. The molecule has 0 spiro atoms. The molecule has 0 saturated heterocycles. The zero-order valence-electron chi connectivity index (χ0n) is 11.1. The smallest absolute Gasteiger partial charge is 0.353 e. The van der Waals surface area contributed by atoms with Gasteiger partial charge >= 0.3 is 5.63 Å². The molecule has 106 valence electrons. The van der Waals surface area contributed by atoms with E-state index in [2.05, 4.69) is 0 Å². The molecule has 0 aliphatic carbocycles. The van der Waals surface area contributed by atoms with E-state index in [-0.39, 0.29) is 4.90 Å². The Labute approximate surface area is 128 Å². The van der Waals surface area contributed by atoms with Crippen LogP contribution < -0.4 is 5.63 Å². The van der Waals surface area contributed by atoms with Gasteiger partial charge in [0.1, 0.15) is 10.5 Å². The van der Waals surface area contributed by atoms with Crippen molar-refractivity contribution in [2.24, 2.45) is 0 Å². The van der Waals surface area contributed by atoms with Crippen LogP contribution in [-0.2, 0) is 10.8 Å². The van der Waals surface area contributed by atoms with E-state index in [1.165, 1.54) is 0 Å².